The van der Waals surface area contributed by atoms with Gasteiger partial charge in [0.05, 0.1) is 23.8 Å². The second kappa shape index (κ2) is 7.32. The smallest absolute Gasteiger partial charge is 0.192 e. The van der Waals surface area contributed by atoms with Crippen LogP contribution in [0.4, 0.5) is 11.6 Å². The van der Waals surface area contributed by atoms with Crippen molar-refractivity contribution in [3.63, 3.8) is 0 Å². The van der Waals surface area contributed by atoms with Gasteiger partial charge in [-0.05, 0) is 38.1 Å². The van der Waals surface area contributed by atoms with E-state index in [0.717, 1.165) is 16.1 Å². The second-order valence-corrected chi connectivity index (χ2v) is 7.41. The molecule has 1 aliphatic heterocycles. The fraction of sp³-hybridized carbons (Fsp3) is 0.316. The largest absolute Gasteiger partial charge is 0.386 e. The van der Waals surface area contributed by atoms with Crippen LogP contribution >= 0.6 is 11.3 Å². The molecule has 8 heteroatoms. The topological polar surface area (TPSA) is 89.4 Å². The van der Waals surface area contributed by atoms with E-state index in [1.165, 1.54) is 11.3 Å². The fourth-order valence-electron chi connectivity index (χ4n) is 2.83. The van der Waals surface area contributed by atoms with Crippen molar-refractivity contribution in [1.82, 2.24) is 15.0 Å². The molecule has 7 nitrogen and oxygen atoms in total. The lowest BCUT2D eigenvalue weighted by Gasteiger charge is -2.23. The van der Waals surface area contributed by atoms with Crippen LogP contribution in [-0.4, -0.2) is 33.3 Å². The van der Waals surface area contributed by atoms with Crippen LogP contribution in [0.3, 0.4) is 0 Å². The van der Waals surface area contributed by atoms with E-state index < -0.39 is 11.9 Å². The number of aromatic nitrogens is 3. The van der Waals surface area contributed by atoms with E-state index in [0.29, 0.717) is 29.9 Å². The van der Waals surface area contributed by atoms with Crippen LogP contribution < -0.4 is 5.32 Å². The van der Waals surface area contributed by atoms with Gasteiger partial charge in [0, 0.05) is 18.0 Å². The summed E-state index contributed by atoms with van der Waals surface area (Å²) in [4.78, 5) is 14.1. The third-order valence-corrected chi connectivity index (χ3v) is 5.45. The van der Waals surface area contributed by atoms with Gasteiger partial charge in [0.2, 0.25) is 0 Å². The van der Waals surface area contributed by atoms with E-state index in [2.05, 4.69) is 20.3 Å². The van der Waals surface area contributed by atoms with Crippen molar-refractivity contribution in [2.75, 3.05) is 18.5 Å². The van der Waals surface area contributed by atoms with Gasteiger partial charge in [-0.1, -0.05) is 6.07 Å². The molecule has 0 saturated carbocycles. The Morgan fingerprint density at radius 3 is 2.74 bits per heavy atom. The normalized spacial score (nSPS) is 17.0. The zero-order valence-electron chi connectivity index (χ0n) is 15.0. The average Bonchev–Trinajstić information content (AvgIpc) is 3.32. The van der Waals surface area contributed by atoms with Gasteiger partial charge in [-0.25, -0.2) is 15.0 Å². The predicted octanol–water partition coefficient (Wildman–Crippen LogP) is 3.62. The van der Waals surface area contributed by atoms with Crippen LogP contribution in [0.1, 0.15) is 30.5 Å². The molecular formula is C19H20N4O3S. The van der Waals surface area contributed by atoms with Crippen LogP contribution in [-0.2, 0) is 15.3 Å². The molecule has 3 aromatic heterocycles. The van der Waals surface area contributed by atoms with Gasteiger partial charge in [-0.2, -0.15) is 0 Å². The standard InChI is InChI=1S/C19H20N4O3S/c1-12(24)18-21-11-15(27-18)14-4-3-5-16(22-14)23-17-10-13(6-7-20-17)19(2)25-8-9-26-19/h3-7,10-12,24H,8-9H2,1-2H3,(H,20,22,23)/t12-/m0/s1. The Morgan fingerprint density at radius 1 is 1.19 bits per heavy atom. The van der Waals surface area contributed by atoms with Crippen molar-refractivity contribution in [3.05, 3.63) is 53.3 Å². The number of nitrogens with one attached hydrogen (secondary N) is 1. The Bertz CT molecular complexity index is 938. The number of anilines is 2. The minimum atomic E-state index is -0.741. The third-order valence-electron chi connectivity index (χ3n) is 4.26. The Kier molecular flexibility index (Phi) is 4.88. The Hall–Kier alpha value is -2.39. The first-order chi connectivity index (χ1) is 13.0. The first kappa shape index (κ1) is 18.0. The maximum Gasteiger partial charge on any atom is 0.192 e. The fourth-order valence-corrected chi connectivity index (χ4v) is 3.66. The second-order valence-electron chi connectivity index (χ2n) is 6.34. The van der Waals surface area contributed by atoms with E-state index >= 15 is 0 Å². The van der Waals surface area contributed by atoms with E-state index in [9.17, 15) is 5.11 Å². The molecule has 0 radical (unpaired) electrons. The summed E-state index contributed by atoms with van der Waals surface area (Å²) in [6.07, 6.45) is 2.86. The Balaban J connectivity index is 1.56. The predicted molar refractivity (Wildman–Crippen MR) is 103 cm³/mol. The molecule has 2 N–H and O–H groups in total. The molecule has 3 aromatic rings. The maximum atomic E-state index is 9.66. The number of ether oxygens (including phenoxy) is 2. The zero-order valence-corrected chi connectivity index (χ0v) is 15.9. The van der Waals surface area contributed by atoms with Crippen molar-refractivity contribution in [1.29, 1.82) is 0 Å². The quantitative estimate of drug-likeness (QED) is 0.694. The first-order valence-electron chi connectivity index (χ1n) is 8.66. The van der Waals surface area contributed by atoms with Crippen molar-refractivity contribution in [3.8, 4) is 10.6 Å². The van der Waals surface area contributed by atoms with Crippen LogP contribution in [0.25, 0.3) is 10.6 Å². The van der Waals surface area contributed by atoms with Gasteiger partial charge >= 0.3 is 0 Å². The summed E-state index contributed by atoms with van der Waals surface area (Å²) in [7, 11) is 0. The van der Waals surface area contributed by atoms with Gasteiger partial charge in [-0.15, -0.1) is 11.3 Å². The molecular weight excluding hydrogens is 364 g/mol. The molecule has 1 atom stereocenters. The molecule has 1 aliphatic rings. The van der Waals surface area contributed by atoms with E-state index in [-0.39, 0.29) is 0 Å². The minimum absolute atomic E-state index is 0.578. The number of hydrogen-bond acceptors (Lipinski definition) is 8. The molecule has 1 fully saturated rings. The zero-order chi connectivity index (χ0) is 18.9. The minimum Gasteiger partial charge on any atom is -0.386 e. The van der Waals surface area contributed by atoms with E-state index in [1.807, 2.05) is 37.3 Å². The number of nitrogens with zero attached hydrogens (tertiary/aromatic N) is 3. The summed E-state index contributed by atoms with van der Waals surface area (Å²) in [5.74, 6) is 0.586. The number of rotatable bonds is 5. The highest BCUT2D eigenvalue weighted by molar-refractivity contribution is 7.15. The van der Waals surface area contributed by atoms with E-state index in [1.54, 1.807) is 19.3 Å². The molecule has 27 heavy (non-hydrogen) atoms. The van der Waals surface area contributed by atoms with Crippen molar-refractivity contribution in [2.24, 2.45) is 0 Å². The average molecular weight is 384 g/mol. The van der Waals surface area contributed by atoms with Crippen LogP contribution in [0, 0.1) is 0 Å². The summed E-state index contributed by atoms with van der Waals surface area (Å²) in [6, 6.07) is 9.49. The van der Waals surface area contributed by atoms with Crippen molar-refractivity contribution < 1.29 is 14.6 Å². The molecule has 4 heterocycles. The molecule has 0 bridgehead atoms. The number of pyridine rings is 2. The molecule has 4 rings (SSSR count). The van der Waals surface area contributed by atoms with E-state index in [4.69, 9.17) is 9.47 Å². The number of hydrogen-bond donors (Lipinski definition) is 2. The van der Waals surface area contributed by atoms with Crippen molar-refractivity contribution in [2.45, 2.75) is 25.7 Å². The molecule has 140 valence electrons. The van der Waals surface area contributed by atoms with Gasteiger partial charge in [0.15, 0.2) is 5.79 Å². The summed E-state index contributed by atoms with van der Waals surface area (Å²) in [5.41, 5.74) is 1.69. The maximum absolute atomic E-state index is 9.66. The lowest BCUT2D eigenvalue weighted by Crippen LogP contribution is -2.22. The summed E-state index contributed by atoms with van der Waals surface area (Å²) in [5, 5.41) is 13.6. The summed E-state index contributed by atoms with van der Waals surface area (Å²) < 4.78 is 11.4. The van der Waals surface area contributed by atoms with Gasteiger partial charge < -0.3 is 19.9 Å². The van der Waals surface area contributed by atoms with Crippen LogP contribution in [0.2, 0.25) is 0 Å². The molecule has 0 aromatic carbocycles. The molecule has 0 unspecified atom stereocenters. The van der Waals surface area contributed by atoms with Crippen LogP contribution in [0.15, 0.2) is 42.7 Å². The number of thiazole rings is 1. The number of aliphatic hydroxyl groups excluding tert-OH is 1. The SMILES string of the molecule is C[C@H](O)c1ncc(-c2cccc(Nc3cc(C4(C)OCCO4)ccn3)n2)s1. The summed E-state index contributed by atoms with van der Waals surface area (Å²) in [6.45, 7) is 4.76. The highest BCUT2D eigenvalue weighted by atomic mass is 32.1. The highest BCUT2D eigenvalue weighted by Crippen LogP contribution is 2.32. The monoisotopic (exact) mass is 384 g/mol. The van der Waals surface area contributed by atoms with Gasteiger partial charge in [0.25, 0.3) is 0 Å². The summed E-state index contributed by atoms with van der Waals surface area (Å²) >= 11 is 1.43. The third kappa shape index (κ3) is 3.84. The first-order valence-corrected chi connectivity index (χ1v) is 9.48. The lowest BCUT2D eigenvalue weighted by atomic mass is 10.1. The number of aliphatic hydroxyl groups is 1. The lowest BCUT2D eigenvalue weighted by molar-refractivity contribution is -0.149. The molecule has 0 amide bonds. The van der Waals surface area contributed by atoms with Crippen LogP contribution in [0.5, 0.6) is 0 Å². The van der Waals surface area contributed by atoms with Gasteiger partial charge in [-0.3, -0.25) is 0 Å². The molecule has 0 spiro atoms. The molecule has 0 aliphatic carbocycles. The van der Waals surface area contributed by atoms with Crippen molar-refractivity contribution >= 4 is 23.0 Å². The molecule has 1 saturated heterocycles. The highest BCUT2D eigenvalue weighted by Gasteiger charge is 2.33. The van der Waals surface area contributed by atoms with Gasteiger partial charge in [0.1, 0.15) is 22.7 Å². The Morgan fingerprint density at radius 2 is 2.00 bits per heavy atom. The Labute approximate surface area is 161 Å².